The zero-order chi connectivity index (χ0) is 49.2. The molecule has 0 spiro atoms. The highest BCUT2D eigenvalue weighted by Gasteiger charge is 2.25. The normalized spacial score (nSPS) is 14.9. The maximum atomic E-state index is 15.1. The van der Waals surface area contributed by atoms with Gasteiger partial charge in [-0.15, -0.1) is 21.5 Å². The molecule has 2 saturated heterocycles. The SMILES string of the molecule is COc1ccc([C@@H](O)c2cc(-c3ncnc4cc(N5CCOCC5)ccc34)c(F)cc2Cl)nn1.Cc1cnc(CNC(=O)c2c(=O)c3ccc(N4CCCN(C)CC4)nc3n3c2sc2ccccc23)cn1. The van der Waals surface area contributed by atoms with Gasteiger partial charge in [0.2, 0.25) is 11.3 Å². The quantitative estimate of drug-likeness (QED) is 0.150. The maximum absolute atomic E-state index is 15.1. The number of likely N-dealkylation sites (N-methyl/N-ethyl adjacent to an activating group) is 1. The summed E-state index contributed by atoms with van der Waals surface area (Å²) in [6.07, 6.45) is 4.52. The number of hydrogen-bond acceptors (Lipinski definition) is 16. The number of halogens is 2. The second kappa shape index (κ2) is 20.6. The smallest absolute Gasteiger partial charge is 0.258 e. The number of fused-ring (bicyclic) bond motifs is 6. The first-order chi connectivity index (χ1) is 34.5. The number of aryl methyl sites for hydroxylation is 1. The van der Waals surface area contributed by atoms with Gasteiger partial charge < -0.3 is 34.6 Å². The summed E-state index contributed by atoms with van der Waals surface area (Å²) >= 11 is 7.72. The van der Waals surface area contributed by atoms with Crippen LogP contribution < -0.4 is 25.3 Å². The number of aliphatic hydroxyl groups is 1. The van der Waals surface area contributed by atoms with Crippen molar-refractivity contribution in [3.05, 3.63) is 147 Å². The van der Waals surface area contributed by atoms with Gasteiger partial charge in [-0.1, -0.05) is 23.7 Å². The topological polar surface area (TPSA) is 189 Å². The van der Waals surface area contributed by atoms with Gasteiger partial charge in [0, 0.05) is 72.2 Å². The lowest BCUT2D eigenvalue weighted by molar-refractivity contribution is 0.0951. The van der Waals surface area contributed by atoms with Crippen LogP contribution in [0.3, 0.4) is 0 Å². The van der Waals surface area contributed by atoms with Gasteiger partial charge in [0.15, 0.2) is 5.65 Å². The van der Waals surface area contributed by atoms with E-state index in [2.05, 4.69) is 57.2 Å². The summed E-state index contributed by atoms with van der Waals surface area (Å²) in [6.45, 7) is 8.77. The lowest BCUT2D eigenvalue weighted by atomic mass is 9.99. The average molecular weight is 996 g/mol. The highest BCUT2D eigenvalue weighted by molar-refractivity contribution is 7.24. The minimum absolute atomic E-state index is 0.0688. The number of aliphatic hydroxyl groups excluding tert-OH is 1. The Kier molecular flexibility index (Phi) is 13.7. The van der Waals surface area contributed by atoms with Crippen LogP contribution >= 0.6 is 22.9 Å². The van der Waals surface area contributed by atoms with Crippen LogP contribution in [-0.4, -0.2) is 122 Å². The molecule has 0 saturated carbocycles. The van der Waals surface area contributed by atoms with Crippen molar-refractivity contribution in [2.45, 2.75) is 26.0 Å². The van der Waals surface area contributed by atoms with E-state index in [1.54, 1.807) is 24.5 Å². The van der Waals surface area contributed by atoms with E-state index in [4.69, 9.17) is 26.1 Å². The molecule has 6 aromatic heterocycles. The molecule has 0 aliphatic carbocycles. The molecule has 2 N–H and O–H groups in total. The third-order valence-corrected chi connectivity index (χ3v) is 14.1. The second-order valence-corrected chi connectivity index (χ2v) is 18.6. The number of anilines is 2. The molecule has 362 valence electrons. The molecule has 2 fully saturated rings. The summed E-state index contributed by atoms with van der Waals surface area (Å²) in [7, 11) is 3.61. The standard InChI is InChI=1S/C27H27N7O2S.C24H21ClFN5O3/c1-17-14-29-18(15-28-17)16-30-26(36)23-24(35)19-8-9-22(33-11-5-10-32(2)12-13-33)31-25(19)34-20-6-3-4-7-21(20)37-27(23)34;1-33-22-5-4-20(29-30-22)24(32)16-11-17(19(26)12-18(16)25)23-15-3-2-14(10-21(15)27-13-28-23)31-6-8-34-9-7-31/h3-4,6-9,14-15H,5,10-13,16H2,1-2H3,(H,30,36);2-5,10-13,24,32H,6-9H2,1H3/t;24-/m.0/s1. The molecule has 20 heteroatoms. The van der Waals surface area contributed by atoms with Gasteiger partial charge in [-0.05, 0) is 87.6 Å². The van der Waals surface area contributed by atoms with Crippen molar-refractivity contribution in [2.75, 3.05) is 76.4 Å². The first-order valence-corrected chi connectivity index (χ1v) is 24.2. The Hall–Kier alpha value is -7.29. The van der Waals surface area contributed by atoms with Gasteiger partial charge in [0.05, 0.1) is 77.0 Å². The van der Waals surface area contributed by atoms with Crippen molar-refractivity contribution in [2.24, 2.45) is 0 Å². The molecule has 3 aromatic carbocycles. The Labute approximate surface area is 415 Å². The van der Waals surface area contributed by atoms with E-state index in [9.17, 15) is 14.7 Å². The Bertz CT molecular complexity index is 3490. The predicted molar refractivity (Wildman–Crippen MR) is 272 cm³/mol. The number of para-hydroxylation sites is 1. The second-order valence-electron chi connectivity index (χ2n) is 17.2. The molecule has 1 amide bonds. The van der Waals surface area contributed by atoms with Crippen LogP contribution in [0.4, 0.5) is 15.9 Å². The van der Waals surface area contributed by atoms with E-state index in [1.807, 2.05) is 65.9 Å². The van der Waals surface area contributed by atoms with Gasteiger partial charge in [-0.2, -0.15) is 0 Å². The number of thiazole rings is 1. The summed E-state index contributed by atoms with van der Waals surface area (Å²) in [5.41, 5.74) is 5.59. The van der Waals surface area contributed by atoms with E-state index in [0.29, 0.717) is 57.2 Å². The molecule has 8 heterocycles. The van der Waals surface area contributed by atoms with Crippen LogP contribution in [0, 0.1) is 12.7 Å². The first kappa shape index (κ1) is 47.4. The number of pyridine rings is 2. The number of hydrogen-bond donors (Lipinski definition) is 2. The molecule has 71 heavy (non-hydrogen) atoms. The molecule has 2 aliphatic heterocycles. The molecule has 17 nitrogen and oxygen atoms in total. The molecular formula is C51H48ClFN12O5S. The third-order valence-electron chi connectivity index (χ3n) is 12.6. The number of carbonyl (C=O) groups excluding carboxylic acids is 1. The van der Waals surface area contributed by atoms with E-state index in [1.165, 1.54) is 36.9 Å². The van der Waals surface area contributed by atoms with E-state index >= 15 is 4.39 Å². The minimum atomic E-state index is -1.22. The molecule has 0 radical (unpaired) electrons. The number of rotatable bonds is 9. The molecule has 0 unspecified atom stereocenters. The predicted octanol–water partition coefficient (Wildman–Crippen LogP) is 7.04. The Balaban J connectivity index is 0.000000165. The largest absolute Gasteiger partial charge is 0.480 e. The van der Waals surface area contributed by atoms with E-state index in [-0.39, 0.29) is 39.4 Å². The third kappa shape index (κ3) is 9.78. The average Bonchev–Trinajstić information content (AvgIpc) is 3.64. The molecule has 0 bridgehead atoms. The lowest BCUT2D eigenvalue weighted by Gasteiger charge is -2.29. The zero-order valence-corrected chi connectivity index (χ0v) is 40.6. The monoisotopic (exact) mass is 994 g/mol. The van der Waals surface area contributed by atoms with Crippen molar-refractivity contribution in [1.29, 1.82) is 0 Å². The lowest BCUT2D eigenvalue weighted by Crippen LogP contribution is -2.36. The van der Waals surface area contributed by atoms with E-state index < -0.39 is 17.8 Å². The zero-order valence-electron chi connectivity index (χ0n) is 39.0. The van der Waals surface area contributed by atoms with Crippen LogP contribution in [0.5, 0.6) is 5.88 Å². The number of nitrogens with zero attached hydrogens (tertiary/aromatic N) is 11. The highest BCUT2D eigenvalue weighted by atomic mass is 35.5. The Morgan fingerprint density at radius 3 is 2.54 bits per heavy atom. The number of methoxy groups -OCH3 is 1. The van der Waals surface area contributed by atoms with Gasteiger partial charge in [0.1, 0.15) is 34.5 Å². The number of aromatic nitrogens is 8. The fourth-order valence-electron chi connectivity index (χ4n) is 8.78. The first-order valence-electron chi connectivity index (χ1n) is 23.0. The molecule has 2 aliphatic rings. The molecule has 11 rings (SSSR count). The highest BCUT2D eigenvalue weighted by Crippen LogP contribution is 2.37. The summed E-state index contributed by atoms with van der Waals surface area (Å²) in [5.74, 6) is 0.171. The van der Waals surface area contributed by atoms with Crippen LogP contribution in [0.15, 0.2) is 102 Å². The Morgan fingerprint density at radius 1 is 0.915 bits per heavy atom. The summed E-state index contributed by atoms with van der Waals surface area (Å²) < 4.78 is 28.5. The number of amides is 1. The van der Waals surface area contributed by atoms with Gasteiger partial charge in [0.25, 0.3) is 5.91 Å². The molecule has 9 aromatic rings. The number of ether oxygens (including phenoxy) is 2. The van der Waals surface area contributed by atoms with Crippen LogP contribution in [0.2, 0.25) is 5.02 Å². The minimum Gasteiger partial charge on any atom is -0.480 e. The van der Waals surface area contributed by atoms with Crippen molar-refractivity contribution >= 4 is 77.3 Å². The van der Waals surface area contributed by atoms with E-state index in [0.717, 1.165) is 73.1 Å². The van der Waals surface area contributed by atoms with Gasteiger partial charge >= 0.3 is 0 Å². The van der Waals surface area contributed by atoms with Crippen LogP contribution in [0.1, 0.15) is 45.5 Å². The summed E-state index contributed by atoms with van der Waals surface area (Å²) in [6, 6.07) is 23.3. The maximum Gasteiger partial charge on any atom is 0.258 e. The number of benzene rings is 3. The summed E-state index contributed by atoms with van der Waals surface area (Å²) in [5, 5.41) is 22.8. The molecular weight excluding hydrogens is 947 g/mol. The fourth-order valence-corrected chi connectivity index (χ4v) is 10.2. The molecule has 1 atom stereocenters. The van der Waals surface area contributed by atoms with Crippen molar-refractivity contribution < 1.29 is 23.8 Å². The van der Waals surface area contributed by atoms with Gasteiger partial charge in [-0.3, -0.25) is 24.0 Å². The fraction of sp³-hybridized carbons (Fsp3) is 0.275. The van der Waals surface area contributed by atoms with Crippen LogP contribution in [-0.2, 0) is 11.3 Å². The van der Waals surface area contributed by atoms with Crippen LogP contribution in [0.25, 0.3) is 48.2 Å². The van der Waals surface area contributed by atoms with Crippen molar-refractivity contribution in [3.8, 4) is 17.1 Å². The number of morpholine rings is 1. The van der Waals surface area contributed by atoms with Crippen molar-refractivity contribution in [1.82, 2.24) is 49.7 Å². The summed E-state index contributed by atoms with van der Waals surface area (Å²) in [4.78, 5) is 56.9. The van der Waals surface area contributed by atoms with Crippen molar-refractivity contribution in [3.63, 3.8) is 0 Å². The number of nitrogens with one attached hydrogen (secondary N) is 1. The van der Waals surface area contributed by atoms with Gasteiger partial charge in [-0.25, -0.2) is 19.3 Å². The number of carbonyl (C=O) groups is 1. The Morgan fingerprint density at radius 2 is 1.75 bits per heavy atom.